The second kappa shape index (κ2) is 10.2. The Bertz CT molecular complexity index is 966. The third-order valence-electron chi connectivity index (χ3n) is 4.10. The summed E-state index contributed by atoms with van der Waals surface area (Å²) in [6, 6.07) is 13.6. The molecule has 1 unspecified atom stereocenters. The Morgan fingerprint density at radius 2 is 1.97 bits per heavy atom. The van der Waals surface area contributed by atoms with Crippen LogP contribution in [0.25, 0.3) is 0 Å². The third kappa shape index (κ3) is 5.93. The number of amides is 2. The van der Waals surface area contributed by atoms with Crippen molar-refractivity contribution in [3.8, 4) is 5.75 Å². The van der Waals surface area contributed by atoms with Gasteiger partial charge in [-0.05, 0) is 43.3 Å². The van der Waals surface area contributed by atoms with Gasteiger partial charge >= 0.3 is 0 Å². The van der Waals surface area contributed by atoms with E-state index in [1.54, 1.807) is 11.8 Å². The zero-order valence-corrected chi connectivity index (χ0v) is 19.2. The largest absolute Gasteiger partial charge is 0.492 e. The average Bonchev–Trinajstić information content (AvgIpc) is 3.10. The number of aryl methyl sites for hydroxylation is 1. The van der Waals surface area contributed by atoms with Crippen LogP contribution in [-0.2, 0) is 9.59 Å². The SMILES string of the molecule is CC(=O)NC1=NN(C(C)=O)C(c2cc(C)ccc2OCCSc2ccc(Cl)cc2)S1. The van der Waals surface area contributed by atoms with E-state index in [0.717, 1.165) is 21.8 Å². The molecule has 1 atom stereocenters. The number of carbonyl (C=O) groups excluding carboxylic acids is 2. The van der Waals surface area contributed by atoms with Gasteiger partial charge in [-0.25, -0.2) is 5.01 Å². The van der Waals surface area contributed by atoms with Crippen LogP contribution in [0.3, 0.4) is 0 Å². The molecule has 1 aliphatic rings. The van der Waals surface area contributed by atoms with Crippen molar-refractivity contribution in [2.24, 2.45) is 5.10 Å². The number of ether oxygens (including phenoxy) is 1. The molecule has 0 aliphatic carbocycles. The van der Waals surface area contributed by atoms with Gasteiger partial charge in [0.15, 0.2) is 5.17 Å². The lowest BCUT2D eigenvalue weighted by Crippen LogP contribution is -2.25. The number of hydrazone groups is 1. The maximum atomic E-state index is 12.1. The van der Waals surface area contributed by atoms with Gasteiger partial charge in [0.1, 0.15) is 11.1 Å². The standard InChI is InChI=1S/C21H22ClN3O3S2/c1-13-4-9-19(28-10-11-29-17-7-5-16(22)6-8-17)18(12-13)20-25(15(3)27)24-21(30-20)23-14(2)26/h4-9,12,20H,10-11H2,1-3H3,(H,23,24,26). The quantitative estimate of drug-likeness (QED) is 0.491. The summed E-state index contributed by atoms with van der Waals surface area (Å²) in [4.78, 5) is 24.7. The highest BCUT2D eigenvalue weighted by atomic mass is 35.5. The Kier molecular flexibility index (Phi) is 7.69. The number of halogens is 1. The van der Waals surface area contributed by atoms with E-state index in [-0.39, 0.29) is 11.8 Å². The second-order valence-electron chi connectivity index (χ2n) is 6.61. The normalized spacial score (nSPS) is 15.7. The van der Waals surface area contributed by atoms with Crippen LogP contribution in [0.15, 0.2) is 52.5 Å². The lowest BCUT2D eigenvalue weighted by molar-refractivity contribution is -0.129. The van der Waals surface area contributed by atoms with Gasteiger partial charge in [-0.3, -0.25) is 9.59 Å². The fourth-order valence-corrected chi connectivity index (χ4v) is 4.81. The van der Waals surface area contributed by atoms with Gasteiger partial charge in [0.05, 0.1) is 6.61 Å². The third-order valence-corrected chi connectivity index (χ3v) is 6.42. The van der Waals surface area contributed by atoms with Crippen LogP contribution in [0.5, 0.6) is 5.75 Å². The fourth-order valence-electron chi connectivity index (χ4n) is 2.80. The van der Waals surface area contributed by atoms with E-state index in [1.165, 1.54) is 30.6 Å². The number of hydrogen-bond acceptors (Lipinski definition) is 6. The summed E-state index contributed by atoms with van der Waals surface area (Å²) in [7, 11) is 0. The molecule has 2 amide bonds. The summed E-state index contributed by atoms with van der Waals surface area (Å²) in [6.45, 7) is 5.35. The van der Waals surface area contributed by atoms with Gasteiger partial charge in [-0.15, -0.1) is 16.9 Å². The van der Waals surface area contributed by atoms with Gasteiger partial charge < -0.3 is 10.1 Å². The number of carbonyl (C=O) groups is 2. The lowest BCUT2D eigenvalue weighted by atomic mass is 10.1. The number of thioether (sulfide) groups is 2. The van der Waals surface area contributed by atoms with E-state index < -0.39 is 5.37 Å². The molecule has 6 nitrogen and oxygen atoms in total. The minimum Gasteiger partial charge on any atom is -0.492 e. The van der Waals surface area contributed by atoms with Crippen molar-refractivity contribution in [3.63, 3.8) is 0 Å². The number of rotatable bonds is 6. The minimum absolute atomic E-state index is 0.210. The summed E-state index contributed by atoms with van der Waals surface area (Å²) in [6.07, 6.45) is 0. The van der Waals surface area contributed by atoms with Crippen molar-refractivity contribution in [1.82, 2.24) is 10.3 Å². The molecule has 1 heterocycles. The number of amidine groups is 1. The highest BCUT2D eigenvalue weighted by Gasteiger charge is 2.34. The molecular formula is C21H22ClN3O3S2. The molecule has 0 radical (unpaired) electrons. The van der Waals surface area contributed by atoms with E-state index >= 15 is 0 Å². The average molecular weight is 464 g/mol. The molecule has 1 aliphatic heterocycles. The predicted octanol–water partition coefficient (Wildman–Crippen LogP) is 4.82. The van der Waals surface area contributed by atoms with Crippen LogP contribution >= 0.6 is 35.1 Å². The number of hydrogen-bond donors (Lipinski definition) is 1. The van der Waals surface area contributed by atoms with Crippen LogP contribution in [-0.4, -0.2) is 34.4 Å². The van der Waals surface area contributed by atoms with E-state index in [2.05, 4.69) is 10.4 Å². The van der Waals surface area contributed by atoms with Gasteiger partial charge in [0.25, 0.3) is 0 Å². The predicted molar refractivity (Wildman–Crippen MR) is 123 cm³/mol. The first-order valence-electron chi connectivity index (χ1n) is 9.28. The molecule has 1 N–H and O–H groups in total. The highest BCUT2D eigenvalue weighted by molar-refractivity contribution is 8.14. The number of nitrogens with zero attached hydrogens (tertiary/aromatic N) is 2. The van der Waals surface area contributed by atoms with Crippen LogP contribution < -0.4 is 10.1 Å². The smallest absolute Gasteiger partial charge is 0.241 e. The van der Waals surface area contributed by atoms with Crippen LogP contribution in [0.1, 0.15) is 30.3 Å². The molecule has 0 saturated carbocycles. The summed E-state index contributed by atoms with van der Waals surface area (Å²) >= 11 is 8.91. The van der Waals surface area contributed by atoms with Crippen LogP contribution in [0.4, 0.5) is 0 Å². The van der Waals surface area contributed by atoms with Crippen LogP contribution in [0, 0.1) is 6.92 Å². The molecular weight excluding hydrogens is 442 g/mol. The number of nitrogens with one attached hydrogen (secondary N) is 1. The zero-order valence-electron chi connectivity index (χ0n) is 16.8. The Balaban J connectivity index is 1.70. The van der Waals surface area contributed by atoms with Gasteiger partial charge in [-0.2, -0.15) is 0 Å². The van der Waals surface area contributed by atoms with E-state index in [9.17, 15) is 9.59 Å². The molecule has 0 saturated heterocycles. The van der Waals surface area contributed by atoms with Crippen molar-refractivity contribution < 1.29 is 14.3 Å². The molecule has 0 bridgehead atoms. The molecule has 0 spiro atoms. The molecule has 2 aromatic rings. The van der Waals surface area contributed by atoms with Crippen molar-refractivity contribution >= 4 is 52.1 Å². The van der Waals surface area contributed by atoms with E-state index in [0.29, 0.717) is 22.5 Å². The molecule has 9 heteroatoms. The molecule has 2 aromatic carbocycles. The first kappa shape index (κ1) is 22.5. The van der Waals surface area contributed by atoms with Crippen molar-refractivity contribution in [2.75, 3.05) is 12.4 Å². The van der Waals surface area contributed by atoms with Gasteiger partial charge in [0.2, 0.25) is 11.8 Å². The summed E-state index contributed by atoms with van der Waals surface area (Å²) in [5.74, 6) is 1.01. The molecule has 3 rings (SSSR count). The first-order valence-corrected chi connectivity index (χ1v) is 11.5. The van der Waals surface area contributed by atoms with E-state index in [4.69, 9.17) is 16.3 Å². The molecule has 158 valence electrons. The molecule has 30 heavy (non-hydrogen) atoms. The molecule has 0 aromatic heterocycles. The Labute approximate surface area is 189 Å². The van der Waals surface area contributed by atoms with Gasteiger partial charge in [-0.1, -0.05) is 35.0 Å². The fraction of sp³-hybridized carbons (Fsp3) is 0.286. The maximum Gasteiger partial charge on any atom is 0.241 e. The van der Waals surface area contributed by atoms with Crippen molar-refractivity contribution in [2.45, 2.75) is 31.0 Å². The summed E-state index contributed by atoms with van der Waals surface area (Å²) < 4.78 is 6.06. The molecule has 0 fully saturated rings. The highest BCUT2D eigenvalue weighted by Crippen LogP contribution is 2.43. The monoisotopic (exact) mass is 463 g/mol. The maximum absolute atomic E-state index is 12.1. The zero-order chi connectivity index (χ0) is 21.7. The second-order valence-corrected chi connectivity index (χ2v) is 9.29. The topological polar surface area (TPSA) is 71.0 Å². The minimum atomic E-state index is -0.400. The Morgan fingerprint density at radius 3 is 2.63 bits per heavy atom. The summed E-state index contributed by atoms with van der Waals surface area (Å²) in [5.41, 5.74) is 1.89. The van der Waals surface area contributed by atoms with Crippen LogP contribution in [0.2, 0.25) is 5.02 Å². The van der Waals surface area contributed by atoms with Crippen molar-refractivity contribution in [1.29, 1.82) is 0 Å². The van der Waals surface area contributed by atoms with E-state index in [1.807, 2.05) is 49.4 Å². The summed E-state index contributed by atoms with van der Waals surface area (Å²) in [5, 5.41) is 9.01. The number of benzene rings is 2. The Hall–Kier alpha value is -2.16. The van der Waals surface area contributed by atoms with Gasteiger partial charge in [0, 0.05) is 35.1 Å². The van der Waals surface area contributed by atoms with Crippen molar-refractivity contribution in [3.05, 3.63) is 58.6 Å². The Morgan fingerprint density at radius 1 is 1.23 bits per heavy atom. The first-order chi connectivity index (χ1) is 14.3. The lowest BCUT2D eigenvalue weighted by Gasteiger charge is -2.22.